The van der Waals surface area contributed by atoms with Gasteiger partial charge >= 0.3 is 0 Å². The first-order chi connectivity index (χ1) is 8.78. The van der Waals surface area contributed by atoms with Gasteiger partial charge in [-0.1, -0.05) is 0 Å². The number of nitrogens with zero attached hydrogens (tertiary/aromatic N) is 4. The molecule has 1 saturated heterocycles. The molecule has 3 rings (SSSR count). The molecule has 0 bridgehead atoms. The van der Waals surface area contributed by atoms with E-state index in [1.54, 1.807) is 0 Å². The van der Waals surface area contributed by atoms with E-state index in [1.165, 1.54) is 19.3 Å². The molecule has 98 valence electrons. The van der Waals surface area contributed by atoms with Crippen LogP contribution in [0.1, 0.15) is 19.3 Å². The van der Waals surface area contributed by atoms with Crippen LogP contribution in [0.25, 0.3) is 0 Å². The zero-order valence-electron chi connectivity index (χ0n) is 11.1. The quantitative estimate of drug-likeness (QED) is 0.855. The third-order valence-electron chi connectivity index (χ3n) is 3.96. The average Bonchev–Trinajstić information content (AvgIpc) is 3.15. The third-order valence-corrected chi connectivity index (χ3v) is 3.96. The summed E-state index contributed by atoms with van der Waals surface area (Å²) in [6.45, 7) is 2.12. The van der Waals surface area contributed by atoms with Crippen LogP contribution in [0.4, 0.5) is 11.8 Å². The SMILES string of the molecule is CN[C@@H]1CCN(c2ccnc(N(C)C3CC3)n2)C1. The highest BCUT2D eigenvalue weighted by Gasteiger charge is 2.28. The molecule has 1 N–H and O–H groups in total. The minimum absolute atomic E-state index is 0.588. The Bertz CT molecular complexity index is 418. The molecule has 5 nitrogen and oxygen atoms in total. The molecular formula is C13H21N5. The Balaban J connectivity index is 1.74. The first-order valence-corrected chi connectivity index (χ1v) is 6.76. The standard InChI is InChI=1S/C13H21N5/c1-14-10-6-8-18(9-10)12-5-7-15-13(16-12)17(2)11-3-4-11/h5,7,10-11,14H,3-4,6,8-9H2,1-2H3/t10-/m1/s1. The van der Waals surface area contributed by atoms with Gasteiger partial charge in [-0.15, -0.1) is 0 Å². The van der Waals surface area contributed by atoms with Crippen LogP contribution in [0.3, 0.4) is 0 Å². The number of nitrogens with one attached hydrogen (secondary N) is 1. The number of hydrogen-bond donors (Lipinski definition) is 1. The van der Waals surface area contributed by atoms with Crippen LogP contribution < -0.4 is 15.1 Å². The van der Waals surface area contributed by atoms with Gasteiger partial charge in [0.2, 0.25) is 5.95 Å². The molecule has 1 aromatic heterocycles. The van der Waals surface area contributed by atoms with Crippen molar-refractivity contribution in [2.75, 3.05) is 37.0 Å². The van der Waals surface area contributed by atoms with Gasteiger partial charge in [0, 0.05) is 38.4 Å². The Labute approximate surface area is 108 Å². The van der Waals surface area contributed by atoms with Gasteiger partial charge in [0.05, 0.1) is 0 Å². The highest BCUT2D eigenvalue weighted by atomic mass is 15.3. The van der Waals surface area contributed by atoms with Gasteiger partial charge in [0.1, 0.15) is 5.82 Å². The molecule has 1 aliphatic carbocycles. The fraction of sp³-hybridized carbons (Fsp3) is 0.692. The van der Waals surface area contributed by atoms with E-state index in [0.29, 0.717) is 12.1 Å². The molecule has 2 fully saturated rings. The lowest BCUT2D eigenvalue weighted by molar-refractivity contribution is 0.616. The highest BCUT2D eigenvalue weighted by Crippen LogP contribution is 2.29. The summed E-state index contributed by atoms with van der Waals surface area (Å²) in [5.74, 6) is 1.92. The molecule has 0 radical (unpaired) electrons. The Hall–Kier alpha value is -1.36. The van der Waals surface area contributed by atoms with Crippen molar-refractivity contribution in [3.8, 4) is 0 Å². The van der Waals surface area contributed by atoms with Crippen molar-refractivity contribution in [3.05, 3.63) is 12.3 Å². The maximum Gasteiger partial charge on any atom is 0.227 e. The van der Waals surface area contributed by atoms with Crippen LogP contribution in [0.5, 0.6) is 0 Å². The maximum absolute atomic E-state index is 4.70. The Kier molecular flexibility index (Phi) is 3.07. The van der Waals surface area contributed by atoms with Gasteiger partial charge in [0.25, 0.3) is 0 Å². The summed E-state index contributed by atoms with van der Waals surface area (Å²) < 4.78 is 0. The van der Waals surface area contributed by atoms with Crippen LogP contribution in [0.15, 0.2) is 12.3 Å². The second-order valence-electron chi connectivity index (χ2n) is 5.28. The fourth-order valence-electron chi connectivity index (χ4n) is 2.51. The topological polar surface area (TPSA) is 44.3 Å². The Morgan fingerprint density at radius 1 is 1.39 bits per heavy atom. The van der Waals surface area contributed by atoms with Gasteiger partial charge in [-0.3, -0.25) is 0 Å². The molecule has 0 spiro atoms. The lowest BCUT2D eigenvalue weighted by Crippen LogP contribution is -2.30. The Morgan fingerprint density at radius 2 is 2.22 bits per heavy atom. The summed E-state index contributed by atoms with van der Waals surface area (Å²) in [5, 5.41) is 3.33. The molecule has 5 heteroatoms. The first-order valence-electron chi connectivity index (χ1n) is 6.76. The van der Waals surface area contributed by atoms with Crippen molar-refractivity contribution in [1.29, 1.82) is 0 Å². The first kappa shape index (κ1) is 11.7. The molecule has 0 unspecified atom stereocenters. The number of anilines is 2. The number of aromatic nitrogens is 2. The van der Waals surface area contributed by atoms with Crippen molar-refractivity contribution in [2.45, 2.75) is 31.3 Å². The van der Waals surface area contributed by atoms with Crippen molar-refractivity contribution < 1.29 is 0 Å². The van der Waals surface area contributed by atoms with Gasteiger partial charge in [-0.05, 0) is 32.4 Å². The van der Waals surface area contributed by atoms with E-state index < -0.39 is 0 Å². The fourth-order valence-corrected chi connectivity index (χ4v) is 2.51. The minimum Gasteiger partial charge on any atom is -0.355 e. The number of rotatable bonds is 4. The normalized spacial score (nSPS) is 23.4. The van der Waals surface area contributed by atoms with Gasteiger partial charge in [-0.25, -0.2) is 4.98 Å². The molecule has 0 aromatic carbocycles. The summed E-state index contributed by atoms with van der Waals surface area (Å²) in [7, 11) is 4.12. The summed E-state index contributed by atoms with van der Waals surface area (Å²) in [6, 6.07) is 3.26. The van der Waals surface area contributed by atoms with E-state index in [4.69, 9.17) is 4.98 Å². The highest BCUT2D eigenvalue weighted by molar-refractivity contribution is 5.45. The van der Waals surface area contributed by atoms with Crippen molar-refractivity contribution in [2.24, 2.45) is 0 Å². The summed E-state index contributed by atoms with van der Waals surface area (Å²) in [4.78, 5) is 13.6. The largest absolute Gasteiger partial charge is 0.355 e. The van der Waals surface area contributed by atoms with Crippen LogP contribution >= 0.6 is 0 Å². The second kappa shape index (κ2) is 4.72. The van der Waals surface area contributed by atoms with Gasteiger partial charge < -0.3 is 15.1 Å². The predicted octanol–water partition coefficient (Wildman–Crippen LogP) is 0.873. The van der Waals surface area contributed by atoms with Gasteiger partial charge in [0.15, 0.2) is 0 Å². The molecular weight excluding hydrogens is 226 g/mol. The summed E-state index contributed by atoms with van der Waals surface area (Å²) in [6.07, 6.45) is 5.61. The molecule has 0 amide bonds. The van der Waals surface area contributed by atoms with Crippen molar-refractivity contribution >= 4 is 11.8 Å². The molecule has 18 heavy (non-hydrogen) atoms. The predicted molar refractivity (Wildman–Crippen MR) is 73.1 cm³/mol. The molecule has 1 saturated carbocycles. The van der Waals surface area contributed by atoms with Crippen LogP contribution in [-0.2, 0) is 0 Å². The van der Waals surface area contributed by atoms with E-state index in [0.717, 1.165) is 24.9 Å². The third kappa shape index (κ3) is 2.27. The Morgan fingerprint density at radius 3 is 2.89 bits per heavy atom. The lowest BCUT2D eigenvalue weighted by Gasteiger charge is -2.21. The monoisotopic (exact) mass is 247 g/mol. The number of likely N-dealkylation sites (N-methyl/N-ethyl adjacent to an activating group) is 1. The summed E-state index contributed by atoms with van der Waals surface area (Å²) >= 11 is 0. The molecule has 2 aliphatic rings. The van der Waals surface area contributed by atoms with Crippen molar-refractivity contribution in [1.82, 2.24) is 15.3 Å². The molecule has 2 heterocycles. The molecule has 1 aromatic rings. The molecule has 1 aliphatic heterocycles. The van der Waals surface area contributed by atoms with E-state index in [9.17, 15) is 0 Å². The second-order valence-corrected chi connectivity index (χ2v) is 5.28. The smallest absolute Gasteiger partial charge is 0.227 e. The zero-order chi connectivity index (χ0) is 12.5. The minimum atomic E-state index is 0.588. The zero-order valence-corrected chi connectivity index (χ0v) is 11.1. The van der Waals surface area contributed by atoms with E-state index in [1.807, 2.05) is 19.3 Å². The lowest BCUT2D eigenvalue weighted by atomic mass is 10.3. The van der Waals surface area contributed by atoms with E-state index in [-0.39, 0.29) is 0 Å². The summed E-state index contributed by atoms with van der Waals surface area (Å²) in [5.41, 5.74) is 0. The molecule has 1 atom stereocenters. The van der Waals surface area contributed by atoms with Crippen LogP contribution in [-0.4, -0.2) is 49.2 Å². The maximum atomic E-state index is 4.70. The van der Waals surface area contributed by atoms with Crippen molar-refractivity contribution in [3.63, 3.8) is 0 Å². The number of hydrogen-bond acceptors (Lipinski definition) is 5. The van der Waals surface area contributed by atoms with E-state index in [2.05, 4.69) is 27.1 Å². The van der Waals surface area contributed by atoms with E-state index >= 15 is 0 Å². The van der Waals surface area contributed by atoms with Crippen LogP contribution in [0.2, 0.25) is 0 Å². The van der Waals surface area contributed by atoms with Gasteiger partial charge in [-0.2, -0.15) is 4.98 Å². The van der Waals surface area contributed by atoms with Crippen LogP contribution in [0, 0.1) is 0 Å². The average molecular weight is 247 g/mol.